The van der Waals surface area contributed by atoms with E-state index < -0.39 is 0 Å². The highest BCUT2D eigenvalue weighted by atomic mass is 16.3. The van der Waals surface area contributed by atoms with Gasteiger partial charge >= 0.3 is 0 Å². The van der Waals surface area contributed by atoms with Gasteiger partial charge in [-0.3, -0.25) is 4.79 Å². The van der Waals surface area contributed by atoms with E-state index >= 15 is 0 Å². The molecule has 0 heterocycles. The number of phenolic OH excluding ortho intramolecular Hbond substituents is 1. The largest absolute Gasteiger partial charge is 0.508 e. The van der Waals surface area contributed by atoms with Crippen molar-refractivity contribution < 1.29 is 9.90 Å². The molecule has 0 aliphatic carbocycles. The normalized spacial score (nSPS) is 10.2. The number of rotatable bonds is 3. The monoisotopic (exact) mass is 270 g/mol. The molecule has 2 rings (SSSR count). The van der Waals surface area contributed by atoms with E-state index in [1.54, 1.807) is 24.3 Å². The Hall–Kier alpha value is -2.49. The van der Waals surface area contributed by atoms with Gasteiger partial charge in [-0.05, 0) is 42.8 Å². The summed E-state index contributed by atoms with van der Waals surface area (Å²) in [4.78, 5) is 14.3. The molecule has 20 heavy (non-hydrogen) atoms. The lowest BCUT2D eigenvalue weighted by molar-refractivity contribution is 0.102. The number of benzene rings is 2. The number of hydrogen-bond donors (Lipinski definition) is 2. The Bertz CT molecular complexity index is 636. The summed E-state index contributed by atoms with van der Waals surface area (Å²) in [5.41, 5.74) is 2.99. The molecule has 0 bridgehead atoms. The lowest BCUT2D eigenvalue weighted by Crippen LogP contribution is -2.18. The van der Waals surface area contributed by atoms with E-state index in [1.807, 2.05) is 44.1 Å². The van der Waals surface area contributed by atoms with Gasteiger partial charge in [-0.2, -0.15) is 0 Å². The van der Waals surface area contributed by atoms with Gasteiger partial charge in [-0.1, -0.05) is 12.1 Å². The van der Waals surface area contributed by atoms with Crippen molar-refractivity contribution in [2.45, 2.75) is 6.92 Å². The molecular weight excluding hydrogens is 252 g/mol. The number of carbonyl (C=O) groups excluding carboxylic acids is 1. The number of anilines is 2. The highest BCUT2D eigenvalue weighted by Crippen LogP contribution is 2.23. The van der Waals surface area contributed by atoms with Crippen LogP contribution in [0.25, 0.3) is 0 Å². The highest BCUT2D eigenvalue weighted by molar-refractivity contribution is 6.08. The quantitative estimate of drug-likeness (QED) is 0.843. The summed E-state index contributed by atoms with van der Waals surface area (Å²) in [6, 6.07) is 12.3. The van der Waals surface area contributed by atoms with Gasteiger partial charge < -0.3 is 15.3 Å². The number of hydrogen-bond acceptors (Lipinski definition) is 3. The second-order valence-corrected chi connectivity index (χ2v) is 4.86. The molecule has 0 aliphatic rings. The third-order valence-electron chi connectivity index (χ3n) is 3.09. The molecule has 0 radical (unpaired) electrons. The smallest absolute Gasteiger partial charge is 0.257 e. The first-order valence-electron chi connectivity index (χ1n) is 6.36. The van der Waals surface area contributed by atoms with Crippen LogP contribution in [0.2, 0.25) is 0 Å². The Morgan fingerprint density at radius 1 is 1.15 bits per heavy atom. The van der Waals surface area contributed by atoms with Gasteiger partial charge in [0, 0.05) is 25.5 Å². The molecule has 0 spiro atoms. The zero-order valence-corrected chi connectivity index (χ0v) is 11.8. The molecule has 0 unspecified atom stereocenters. The second kappa shape index (κ2) is 5.65. The van der Waals surface area contributed by atoms with Crippen LogP contribution in [0.3, 0.4) is 0 Å². The summed E-state index contributed by atoms with van der Waals surface area (Å²) in [7, 11) is 3.80. The van der Waals surface area contributed by atoms with Crippen LogP contribution in [0.1, 0.15) is 15.9 Å². The minimum Gasteiger partial charge on any atom is -0.508 e. The standard InChI is InChI=1S/C16H18N2O2/c1-11-10-12(19)8-9-14(11)17-16(20)13-6-4-5-7-15(13)18(2)3/h4-10,19H,1-3H3,(H,17,20). The zero-order chi connectivity index (χ0) is 14.7. The fourth-order valence-corrected chi connectivity index (χ4v) is 2.03. The van der Waals surface area contributed by atoms with Gasteiger partial charge in [0.1, 0.15) is 5.75 Å². The van der Waals surface area contributed by atoms with Gasteiger partial charge in [0.25, 0.3) is 5.91 Å². The van der Waals surface area contributed by atoms with Crippen molar-refractivity contribution in [2.75, 3.05) is 24.3 Å². The van der Waals surface area contributed by atoms with E-state index in [1.165, 1.54) is 0 Å². The molecule has 2 aromatic rings. The lowest BCUT2D eigenvalue weighted by Gasteiger charge is -2.17. The van der Waals surface area contributed by atoms with E-state index in [-0.39, 0.29) is 11.7 Å². The number of amides is 1. The Kier molecular flexibility index (Phi) is 3.94. The summed E-state index contributed by atoms with van der Waals surface area (Å²) in [6.07, 6.45) is 0. The molecule has 0 saturated heterocycles. The fraction of sp³-hybridized carbons (Fsp3) is 0.188. The summed E-state index contributed by atoms with van der Waals surface area (Å²) in [5.74, 6) is 0.0253. The Morgan fingerprint density at radius 2 is 1.85 bits per heavy atom. The predicted molar refractivity (Wildman–Crippen MR) is 81.6 cm³/mol. The molecule has 2 N–H and O–H groups in total. The molecule has 2 aromatic carbocycles. The number of phenols is 1. The number of nitrogens with zero attached hydrogens (tertiary/aromatic N) is 1. The number of carbonyl (C=O) groups is 1. The van der Waals surface area contributed by atoms with Crippen molar-refractivity contribution in [3.05, 3.63) is 53.6 Å². The van der Waals surface area contributed by atoms with E-state index in [0.717, 1.165) is 11.3 Å². The molecule has 1 amide bonds. The van der Waals surface area contributed by atoms with Gasteiger partial charge in [0.05, 0.1) is 5.56 Å². The summed E-state index contributed by atoms with van der Waals surface area (Å²) < 4.78 is 0. The van der Waals surface area contributed by atoms with Crippen molar-refractivity contribution in [1.82, 2.24) is 0 Å². The third-order valence-corrected chi connectivity index (χ3v) is 3.09. The van der Waals surface area contributed by atoms with E-state index in [0.29, 0.717) is 11.3 Å². The summed E-state index contributed by atoms with van der Waals surface area (Å²) >= 11 is 0. The van der Waals surface area contributed by atoms with Crippen molar-refractivity contribution in [3.63, 3.8) is 0 Å². The highest BCUT2D eigenvalue weighted by Gasteiger charge is 2.13. The Balaban J connectivity index is 2.29. The van der Waals surface area contributed by atoms with Gasteiger partial charge in [0.15, 0.2) is 0 Å². The molecule has 0 fully saturated rings. The topological polar surface area (TPSA) is 52.6 Å². The van der Waals surface area contributed by atoms with Crippen LogP contribution < -0.4 is 10.2 Å². The van der Waals surface area contributed by atoms with Crippen molar-refractivity contribution in [2.24, 2.45) is 0 Å². The molecule has 0 aromatic heterocycles. The minimum atomic E-state index is -0.164. The van der Waals surface area contributed by atoms with Gasteiger partial charge in [-0.25, -0.2) is 0 Å². The fourth-order valence-electron chi connectivity index (χ4n) is 2.03. The molecule has 104 valence electrons. The molecule has 0 aliphatic heterocycles. The predicted octanol–water partition coefficient (Wildman–Crippen LogP) is 3.02. The van der Waals surface area contributed by atoms with Gasteiger partial charge in [-0.15, -0.1) is 0 Å². The number of aromatic hydroxyl groups is 1. The molecule has 0 saturated carbocycles. The number of aryl methyl sites for hydroxylation is 1. The first-order valence-corrected chi connectivity index (χ1v) is 6.36. The van der Waals surface area contributed by atoms with Crippen LogP contribution in [-0.4, -0.2) is 25.1 Å². The SMILES string of the molecule is Cc1cc(O)ccc1NC(=O)c1ccccc1N(C)C. The average Bonchev–Trinajstić information content (AvgIpc) is 2.41. The Morgan fingerprint density at radius 3 is 2.50 bits per heavy atom. The third kappa shape index (κ3) is 2.91. The van der Waals surface area contributed by atoms with E-state index in [2.05, 4.69) is 5.32 Å². The maximum atomic E-state index is 12.4. The lowest BCUT2D eigenvalue weighted by atomic mass is 10.1. The van der Waals surface area contributed by atoms with Crippen LogP contribution in [0, 0.1) is 6.92 Å². The van der Waals surface area contributed by atoms with E-state index in [9.17, 15) is 9.90 Å². The maximum Gasteiger partial charge on any atom is 0.257 e. The average molecular weight is 270 g/mol. The van der Waals surface area contributed by atoms with Crippen molar-refractivity contribution in [3.8, 4) is 5.75 Å². The molecule has 0 atom stereocenters. The van der Waals surface area contributed by atoms with Crippen molar-refractivity contribution >= 4 is 17.3 Å². The maximum absolute atomic E-state index is 12.4. The van der Waals surface area contributed by atoms with Crippen molar-refractivity contribution in [1.29, 1.82) is 0 Å². The first kappa shape index (κ1) is 13.9. The number of nitrogens with one attached hydrogen (secondary N) is 1. The van der Waals surface area contributed by atoms with Crippen LogP contribution >= 0.6 is 0 Å². The number of para-hydroxylation sites is 1. The van der Waals surface area contributed by atoms with Crippen LogP contribution in [-0.2, 0) is 0 Å². The summed E-state index contributed by atoms with van der Waals surface area (Å²) in [5, 5.41) is 12.3. The molecular formula is C16H18N2O2. The second-order valence-electron chi connectivity index (χ2n) is 4.86. The summed E-state index contributed by atoms with van der Waals surface area (Å²) in [6.45, 7) is 1.84. The van der Waals surface area contributed by atoms with Gasteiger partial charge in [0.2, 0.25) is 0 Å². The first-order chi connectivity index (χ1) is 9.49. The van der Waals surface area contributed by atoms with Crippen LogP contribution in [0.5, 0.6) is 5.75 Å². The Labute approximate surface area is 118 Å². The zero-order valence-electron chi connectivity index (χ0n) is 11.8. The minimum absolute atomic E-state index is 0.164. The van der Waals surface area contributed by atoms with Crippen LogP contribution in [0.4, 0.5) is 11.4 Å². The molecule has 4 heteroatoms. The van der Waals surface area contributed by atoms with Crippen LogP contribution in [0.15, 0.2) is 42.5 Å². The molecule has 4 nitrogen and oxygen atoms in total. The van der Waals surface area contributed by atoms with E-state index in [4.69, 9.17) is 0 Å².